The number of para-hydroxylation sites is 1. The first-order chi connectivity index (χ1) is 7.33. The van der Waals surface area contributed by atoms with Crippen LogP contribution in [0.3, 0.4) is 0 Å². The molecule has 74 valence electrons. The summed E-state index contributed by atoms with van der Waals surface area (Å²) >= 11 is -0.257. The van der Waals surface area contributed by atoms with Crippen LogP contribution in [0.2, 0.25) is 0 Å². The molecule has 1 aliphatic heterocycles. The predicted molar refractivity (Wildman–Crippen MR) is 62.7 cm³/mol. The van der Waals surface area contributed by atoms with E-state index in [4.69, 9.17) is 4.74 Å². The van der Waals surface area contributed by atoms with Crippen molar-refractivity contribution in [1.82, 2.24) is 0 Å². The minimum absolute atomic E-state index is 0.257. The molecule has 0 unspecified atom stereocenters. The second kappa shape index (κ2) is 3.56. The van der Waals surface area contributed by atoms with E-state index in [-0.39, 0.29) is 20.9 Å². The summed E-state index contributed by atoms with van der Waals surface area (Å²) in [6.45, 7) is 2.13. The molecule has 2 aromatic rings. The summed E-state index contributed by atoms with van der Waals surface area (Å²) in [7, 11) is 0. The molecule has 15 heavy (non-hydrogen) atoms. The molecule has 0 fully saturated rings. The van der Waals surface area contributed by atoms with Crippen LogP contribution in [0.4, 0.5) is 0 Å². The Morgan fingerprint density at radius 2 is 1.73 bits per heavy atom. The summed E-state index contributed by atoms with van der Waals surface area (Å²) < 4.78 is 8.68. The van der Waals surface area contributed by atoms with Gasteiger partial charge in [0.25, 0.3) is 0 Å². The van der Waals surface area contributed by atoms with Gasteiger partial charge in [0.2, 0.25) is 0 Å². The number of aryl methyl sites for hydroxylation is 1. The van der Waals surface area contributed by atoms with E-state index in [0.29, 0.717) is 0 Å². The van der Waals surface area contributed by atoms with Gasteiger partial charge in [0.15, 0.2) is 0 Å². The molecule has 1 heterocycles. The number of benzene rings is 2. The number of rotatable bonds is 0. The fraction of sp³-hybridized carbons (Fsp3) is 0.0769. The van der Waals surface area contributed by atoms with Crippen LogP contribution in [0.1, 0.15) is 5.56 Å². The van der Waals surface area contributed by atoms with E-state index in [1.807, 2.05) is 6.07 Å². The molecule has 2 heteroatoms. The molecule has 0 saturated carbocycles. The first kappa shape index (κ1) is 9.27. The van der Waals surface area contributed by atoms with Crippen molar-refractivity contribution in [3.63, 3.8) is 0 Å². The molecule has 0 spiro atoms. The Hall–Kier alpha value is -0.970. The molecule has 2 aromatic carbocycles. The normalized spacial score (nSPS) is 12.6. The molecule has 0 aliphatic carbocycles. The van der Waals surface area contributed by atoms with Crippen LogP contribution in [0.15, 0.2) is 42.5 Å². The van der Waals surface area contributed by atoms with Gasteiger partial charge in [-0.25, -0.2) is 0 Å². The van der Waals surface area contributed by atoms with Gasteiger partial charge in [0.05, 0.1) is 0 Å². The number of fused-ring (bicyclic) bond motifs is 2. The molecule has 0 bridgehead atoms. The van der Waals surface area contributed by atoms with E-state index in [1.165, 1.54) is 12.8 Å². The van der Waals surface area contributed by atoms with Gasteiger partial charge in [-0.3, -0.25) is 0 Å². The maximum atomic E-state index is 5.86. The number of ether oxygens (including phenoxy) is 1. The molecule has 0 aromatic heterocycles. The van der Waals surface area contributed by atoms with E-state index < -0.39 is 0 Å². The summed E-state index contributed by atoms with van der Waals surface area (Å²) in [6.07, 6.45) is 0. The first-order valence-corrected chi connectivity index (χ1v) is 7.21. The average Bonchev–Trinajstić information content (AvgIpc) is 2.26. The molecule has 3 rings (SSSR count). The van der Waals surface area contributed by atoms with Gasteiger partial charge in [0, 0.05) is 0 Å². The van der Waals surface area contributed by atoms with Crippen LogP contribution in [-0.2, 0) is 0 Å². The number of hydrogen-bond acceptors (Lipinski definition) is 1. The van der Waals surface area contributed by atoms with Gasteiger partial charge in [-0.15, -0.1) is 0 Å². The molecular weight excluding hydrogens is 300 g/mol. The van der Waals surface area contributed by atoms with Crippen LogP contribution in [0, 0.1) is 6.92 Å². The third-order valence-electron chi connectivity index (χ3n) is 2.39. The Labute approximate surface area is 99.2 Å². The Balaban J connectivity index is 2.11. The van der Waals surface area contributed by atoms with Crippen molar-refractivity contribution in [2.75, 3.05) is 0 Å². The van der Waals surface area contributed by atoms with Crippen LogP contribution in [0.25, 0.3) is 0 Å². The van der Waals surface area contributed by atoms with E-state index in [1.54, 1.807) is 0 Å². The molecule has 1 aliphatic rings. The van der Waals surface area contributed by atoms with Crippen molar-refractivity contribution < 1.29 is 4.74 Å². The Morgan fingerprint density at radius 1 is 0.933 bits per heavy atom. The van der Waals surface area contributed by atoms with E-state index in [0.717, 1.165) is 11.5 Å². The zero-order valence-corrected chi connectivity index (χ0v) is 10.7. The fourth-order valence-corrected chi connectivity index (χ4v) is 4.63. The second-order valence-corrected chi connectivity index (χ2v) is 6.69. The van der Waals surface area contributed by atoms with Gasteiger partial charge >= 0.3 is 99.3 Å². The van der Waals surface area contributed by atoms with Gasteiger partial charge in [-0.05, 0) is 0 Å². The van der Waals surface area contributed by atoms with Crippen LogP contribution in [-0.4, -0.2) is 20.9 Å². The topological polar surface area (TPSA) is 9.23 Å². The van der Waals surface area contributed by atoms with Gasteiger partial charge in [-0.2, -0.15) is 0 Å². The second-order valence-electron chi connectivity index (χ2n) is 3.60. The van der Waals surface area contributed by atoms with E-state index in [9.17, 15) is 0 Å². The maximum absolute atomic E-state index is 5.86. The molecule has 1 nitrogen and oxygen atoms in total. The predicted octanol–water partition coefficient (Wildman–Crippen LogP) is 1.76. The quantitative estimate of drug-likeness (QED) is 0.575. The minimum atomic E-state index is -0.257. The van der Waals surface area contributed by atoms with Gasteiger partial charge in [0.1, 0.15) is 0 Å². The van der Waals surface area contributed by atoms with E-state index in [2.05, 4.69) is 43.3 Å². The van der Waals surface area contributed by atoms with Crippen molar-refractivity contribution >= 4 is 28.1 Å². The zero-order valence-electron chi connectivity index (χ0n) is 8.36. The Kier molecular flexibility index (Phi) is 2.20. The summed E-state index contributed by atoms with van der Waals surface area (Å²) in [5.74, 6) is 2.11. The van der Waals surface area contributed by atoms with Crippen molar-refractivity contribution in [2.45, 2.75) is 6.92 Å². The van der Waals surface area contributed by atoms with Crippen LogP contribution in [0.5, 0.6) is 11.5 Å². The fourth-order valence-electron chi connectivity index (χ4n) is 1.64. The summed E-state index contributed by atoms with van der Waals surface area (Å²) in [5, 5.41) is 0. The first-order valence-electron chi connectivity index (χ1n) is 4.88. The SMILES string of the molecule is Cc1ccc2c(c1)[Te]c1ccccc1O2. The summed E-state index contributed by atoms with van der Waals surface area (Å²) in [5.41, 5.74) is 1.32. The zero-order chi connectivity index (χ0) is 10.3. The third kappa shape index (κ3) is 1.65. The molecule has 0 atom stereocenters. The molecular formula is C13H10OTe. The van der Waals surface area contributed by atoms with Crippen LogP contribution >= 0.6 is 0 Å². The van der Waals surface area contributed by atoms with Crippen molar-refractivity contribution in [3.05, 3.63) is 48.0 Å². The third-order valence-corrected chi connectivity index (χ3v) is 5.52. The Morgan fingerprint density at radius 3 is 2.67 bits per heavy atom. The summed E-state index contributed by atoms with van der Waals surface area (Å²) in [4.78, 5) is 0. The molecule has 0 radical (unpaired) electrons. The standard InChI is InChI=1S/C13H10OTe/c1-9-6-7-11-13(8-9)15-12-5-3-2-4-10(12)14-11/h2-8H,1H3. The number of hydrogen-bond donors (Lipinski definition) is 0. The average molecular weight is 310 g/mol. The molecule has 0 amide bonds. The van der Waals surface area contributed by atoms with Crippen molar-refractivity contribution in [1.29, 1.82) is 0 Å². The Bertz CT molecular complexity index is 520. The summed E-state index contributed by atoms with van der Waals surface area (Å²) in [6, 6.07) is 14.8. The van der Waals surface area contributed by atoms with Crippen molar-refractivity contribution in [3.8, 4) is 11.5 Å². The van der Waals surface area contributed by atoms with Crippen molar-refractivity contribution in [2.24, 2.45) is 0 Å². The molecule has 0 saturated heterocycles. The van der Waals surface area contributed by atoms with E-state index >= 15 is 0 Å². The van der Waals surface area contributed by atoms with Gasteiger partial charge < -0.3 is 0 Å². The van der Waals surface area contributed by atoms with Gasteiger partial charge in [-0.1, -0.05) is 0 Å². The van der Waals surface area contributed by atoms with Crippen LogP contribution < -0.4 is 12.0 Å². The monoisotopic (exact) mass is 312 g/mol. The molecule has 0 N–H and O–H groups in total.